The van der Waals surface area contributed by atoms with E-state index in [0.717, 1.165) is 70.3 Å². The summed E-state index contributed by atoms with van der Waals surface area (Å²) in [6.07, 6.45) is 10.5. The number of carboxylic acid groups (broad SMARTS) is 2. The summed E-state index contributed by atoms with van der Waals surface area (Å²) in [4.78, 5) is 54.1. The zero-order valence-corrected chi connectivity index (χ0v) is 26.0. The maximum Gasteiger partial charge on any atom is 3.00 e. The first-order valence-electron chi connectivity index (χ1n) is 13.5. The minimum absolute atomic E-state index is 0. The van der Waals surface area contributed by atoms with Crippen molar-refractivity contribution in [3.8, 4) is 0 Å². The molecule has 0 saturated carbocycles. The van der Waals surface area contributed by atoms with Gasteiger partial charge >= 0.3 is 17.4 Å². The number of hydrogen-bond donors (Lipinski definition) is 0. The summed E-state index contributed by atoms with van der Waals surface area (Å²) in [6, 6.07) is 0. The minimum Gasteiger partial charge on any atom is -0.876 e. The van der Waals surface area contributed by atoms with Gasteiger partial charge in [-0.15, -0.1) is 5.76 Å². The van der Waals surface area contributed by atoms with Crippen LogP contribution in [0.4, 0.5) is 0 Å². The maximum absolute atomic E-state index is 11.2. The summed E-state index contributed by atoms with van der Waals surface area (Å²) in [5.41, 5.74) is 0. The molecule has 0 aliphatic rings. The van der Waals surface area contributed by atoms with Crippen molar-refractivity contribution in [1.29, 1.82) is 0 Å². The van der Waals surface area contributed by atoms with Gasteiger partial charge in [-0.05, 0) is 51.5 Å². The predicted molar refractivity (Wildman–Crippen MR) is 144 cm³/mol. The number of ketones is 3. The Morgan fingerprint density at radius 1 is 0.605 bits per heavy atom. The van der Waals surface area contributed by atoms with Crippen LogP contribution in [0.2, 0.25) is 0 Å². The molecular weight excluding hydrogens is 503 g/mol. The average molecular weight is 553 g/mol. The van der Waals surface area contributed by atoms with Gasteiger partial charge in [0.05, 0.1) is 23.8 Å². The number of unbranched alkanes of at least 4 members (excludes halogenated alkanes) is 4. The van der Waals surface area contributed by atoms with Crippen LogP contribution >= 0.6 is 0 Å². The largest absolute Gasteiger partial charge is 3.00 e. The molecule has 9 heteroatoms. The van der Waals surface area contributed by atoms with E-state index >= 15 is 0 Å². The van der Waals surface area contributed by atoms with E-state index in [-0.39, 0.29) is 52.3 Å². The summed E-state index contributed by atoms with van der Waals surface area (Å²) < 4.78 is 0. The Labute approximate surface area is 240 Å². The number of rotatable bonds is 17. The van der Waals surface area contributed by atoms with E-state index in [0.29, 0.717) is 0 Å². The number of aliphatic carboxylic acids is 2. The molecule has 0 fully saturated rings. The number of hydrogen-bond acceptors (Lipinski definition) is 8. The van der Waals surface area contributed by atoms with Crippen LogP contribution in [0.25, 0.3) is 0 Å². The van der Waals surface area contributed by atoms with Crippen LogP contribution in [0.3, 0.4) is 0 Å². The third kappa shape index (κ3) is 23.2. The van der Waals surface area contributed by atoms with E-state index in [1.54, 1.807) is 0 Å². The molecule has 4 unspecified atom stereocenters. The van der Waals surface area contributed by atoms with E-state index in [1.807, 2.05) is 13.8 Å². The summed E-state index contributed by atoms with van der Waals surface area (Å²) in [6.45, 7) is 13.4. The van der Waals surface area contributed by atoms with E-state index in [1.165, 1.54) is 27.7 Å². The molecule has 0 bridgehead atoms. The fourth-order valence-corrected chi connectivity index (χ4v) is 4.19. The van der Waals surface area contributed by atoms with Gasteiger partial charge in [-0.1, -0.05) is 86.0 Å². The van der Waals surface area contributed by atoms with Crippen LogP contribution < -0.4 is 15.3 Å². The van der Waals surface area contributed by atoms with E-state index < -0.39 is 23.8 Å². The van der Waals surface area contributed by atoms with Gasteiger partial charge < -0.3 is 24.9 Å². The molecule has 0 amide bonds. The quantitative estimate of drug-likeness (QED) is 0.0877. The molecule has 38 heavy (non-hydrogen) atoms. The first kappa shape index (κ1) is 43.1. The minimum atomic E-state index is -1.22. The predicted octanol–water partition coefficient (Wildman–Crippen LogP) is 2.55. The Kier molecular flexibility index (Phi) is 30.2. The van der Waals surface area contributed by atoms with Crippen LogP contribution in [0.5, 0.6) is 0 Å². The molecule has 0 rings (SSSR count). The number of carbonyl (C=O) groups is 5. The standard InChI is InChI=1S/2C12H22O3.C5H8O2.Al/c2*1-4-6-7-8-10(5-2)11(9(3)13)12(14)15;1-4(6)3-5(2)7;/h2*10-11H,4-8H2,1-3H3,(H,14,15);3,6H,1-2H3;/q;;;+3/p-3/b;;4-3-;. The fourth-order valence-electron chi connectivity index (χ4n) is 4.19. The van der Waals surface area contributed by atoms with Gasteiger partial charge in [-0.25, -0.2) is 0 Å². The molecule has 4 atom stereocenters. The van der Waals surface area contributed by atoms with Crippen molar-refractivity contribution in [2.75, 3.05) is 0 Å². The van der Waals surface area contributed by atoms with E-state index in [4.69, 9.17) is 0 Å². The zero-order valence-electron chi connectivity index (χ0n) is 24.8. The third-order valence-electron chi connectivity index (χ3n) is 6.14. The van der Waals surface area contributed by atoms with Gasteiger partial charge in [0.1, 0.15) is 11.6 Å². The Morgan fingerprint density at radius 3 is 1.05 bits per heavy atom. The first-order chi connectivity index (χ1) is 17.2. The molecule has 0 radical (unpaired) electrons. The van der Waals surface area contributed by atoms with E-state index in [9.17, 15) is 39.3 Å². The zero-order chi connectivity index (χ0) is 29.6. The Hall–Kier alpha value is -1.98. The van der Waals surface area contributed by atoms with Crippen LogP contribution in [0.1, 0.15) is 120 Å². The smallest absolute Gasteiger partial charge is 0.876 e. The van der Waals surface area contributed by atoms with Crippen LogP contribution in [0.15, 0.2) is 11.8 Å². The molecular formula is C29H49AlO8. The number of carboxylic acids is 2. The van der Waals surface area contributed by atoms with Crippen molar-refractivity contribution in [3.05, 3.63) is 11.8 Å². The van der Waals surface area contributed by atoms with Crippen molar-refractivity contribution in [1.82, 2.24) is 0 Å². The molecule has 216 valence electrons. The number of carbonyl (C=O) groups excluding carboxylic acids is 5. The van der Waals surface area contributed by atoms with Crippen molar-refractivity contribution in [2.45, 2.75) is 120 Å². The summed E-state index contributed by atoms with van der Waals surface area (Å²) in [5, 5.41) is 31.7. The summed E-state index contributed by atoms with van der Waals surface area (Å²) in [5.74, 6) is -5.30. The van der Waals surface area contributed by atoms with Crippen molar-refractivity contribution in [3.63, 3.8) is 0 Å². The van der Waals surface area contributed by atoms with Gasteiger partial charge in [0.15, 0.2) is 5.78 Å². The molecule has 0 spiro atoms. The molecule has 0 aliphatic heterocycles. The van der Waals surface area contributed by atoms with Crippen molar-refractivity contribution in [2.24, 2.45) is 23.7 Å². The first-order valence-corrected chi connectivity index (χ1v) is 13.5. The normalized spacial score (nSPS) is 13.6. The second kappa shape index (κ2) is 26.6. The molecule has 8 nitrogen and oxygen atoms in total. The van der Waals surface area contributed by atoms with Crippen LogP contribution in [-0.2, 0) is 24.0 Å². The molecule has 0 N–H and O–H groups in total. The Morgan fingerprint density at radius 2 is 0.921 bits per heavy atom. The van der Waals surface area contributed by atoms with Crippen LogP contribution in [-0.4, -0.2) is 46.6 Å². The molecule has 0 aromatic heterocycles. The van der Waals surface area contributed by atoms with Gasteiger partial charge in [-0.2, -0.15) is 0 Å². The van der Waals surface area contributed by atoms with Crippen molar-refractivity contribution >= 4 is 46.6 Å². The molecule has 0 aliphatic carbocycles. The van der Waals surface area contributed by atoms with Crippen LogP contribution in [0, 0.1) is 23.7 Å². The topological polar surface area (TPSA) is 155 Å². The number of allylic oxidation sites excluding steroid dienone is 2. The maximum atomic E-state index is 11.2. The SMILES string of the molecule is CC(=O)/C=C(/C)[O-].CCCCCC(CC)C(C(C)=O)C(=O)[O-].CCCCCC(CC)C(C(C)=O)C(=O)[O-].[Al+3]. The number of Topliss-reactive ketones (excluding diaryl/α,β-unsaturated/α-hetero) is 2. The Balaban J connectivity index is -0.000000240. The Bertz CT molecular complexity index is 639. The summed E-state index contributed by atoms with van der Waals surface area (Å²) >= 11 is 0. The van der Waals surface area contributed by atoms with Gasteiger partial charge in [0, 0.05) is 0 Å². The fraction of sp³-hybridized carbons (Fsp3) is 0.759. The average Bonchev–Trinajstić information content (AvgIpc) is 2.76. The molecule has 0 aromatic carbocycles. The molecule has 0 saturated heterocycles. The van der Waals surface area contributed by atoms with E-state index in [2.05, 4.69) is 13.8 Å². The van der Waals surface area contributed by atoms with Crippen molar-refractivity contribution < 1.29 is 39.3 Å². The third-order valence-corrected chi connectivity index (χ3v) is 6.14. The second-order valence-corrected chi connectivity index (χ2v) is 9.51. The molecule has 0 heterocycles. The monoisotopic (exact) mass is 552 g/mol. The summed E-state index contributed by atoms with van der Waals surface area (Å²) in [7, 11) is 0. The van der Waals surface area contributed by atoms with Gasteiger partial charge in [0.2, 0.25) is 0 Å². The van der Waals surface area contributed by atoms with Gasteiger partial charge in [0.25, 0.3) is 0 Å². The van der Waals surface area contributed by atoms with Gasteiger partial charge in [-0.3, -0.25) is 14.4 Å². The molecule has 0 aromatic rings. The second-order valence-electron chi connectivity index (χ2n) is 9.51.